The van der Waals surface area contributed by atoms with Crippen LogP contribution >= 0.6 is 11.8 Å². The lowest BCUT2D eigenvalue weighted by Crippen LogP contribution is -2.36. The minimum absolute atomic E-state index is 0.0242. The zero-order valence-corrected chi connectivity index (χ0v) is 13.3. The first-order valence-corrected chi connectivity index (χ1v) is 8.10. The largest absolute Gasteiger partial charge is 0.338 e. The van der Waals surface area contributed by atoms with Crippen LogP contribution < -0.4 is 11.3 Å². The van der Waals surface area contributed by atoms with Crippen molar-refractivity contribution in [3.8, 4) is 0 Å². The summed E-state index contributed by atoms with van der Waals surface area (Å²) in [6.07, 6.45) is 3.62. The van der Waals surface area contributed by atoms with Crippen molar-refractivity contribution < 1.29 is 4.79 Å². The first-order chi connectivity index (χ1) is 10.1. The number of rotatable bonds is 5. The second-order valence-corrected chi connectivity index (χ2v) is 5.84. The van der Waals surface area contributed by atoms with Crippen LogP contribution in [0.1, 0.15) is 17.3 Å². The number of carbonyl (C=O) groups excluding carboxylic acids is 1. The van der Waals surface area contributed by atoms with Gasteiger partial charge in [-0.15, -0.1) is 0 Å². The van der Waals surface area contributed by atoms with Crippen LogP contribution in [-0.2, 0) is 0 Å². The second kappa shape index (κ2) is 6.78. The first-order valence-electron chi connectivity index (χ1n) is 6.70. The van der Waals surface area contributed by atoms with Crippen molar-refractivity contribution in [3.05, 3.63) is 36.0 Å². The Hall–Kier alpha value is -1.79. The van der Waals surface area contributed by atoms with Crippen molar-refractivity contribution in [2.24, 2.45) is 5.84 Å². The van der Waals surface area contributed by atoms with E-state index in [9.17, 15) is 4.79 Å². The molecule has 21 heavy (non-hydrogen) atoms. The van der Waals surface area contributed by atoms with Gasteiger partial charge in [-0.05, 0) is 18.6 Å². The van der Waals surface area contributed by atoms with Crippen molar-refractivity contribution in [1.82, 2.24) is 9.88 Å². The first kappa shape index (κ1) is 15.6. The van der Waals surface area contributed by atoms with Gasteiger partial charge >= 0.3 is 0 Å². The number of pyridine rings is 1. The molecule has 0 spiro atoms. The fourth-order valence-corrected chi connectivity index (χ4v) is 2.93. The number of anilines is 1. The Morgan fingerprint density at radius 3 is 2.71 bits per heavy atom. The van der Waals surface area contributed by atoms with Gasteiger partial charge in [-0.25, -0.2) is 10.8 Å². The molecule has 0 aliphatic heterocycles. The summed E-state index contributed by atoms with van der Waals surface area (Å²) in [5.41, 5.74) is 3.17. The van der Waals surface area contributed by atoms with E-state index in [0.29, 0.717) is 11.4 Å². The molecule has 1 aromatic carbocycles. The lowest BCUT2D eigenvalue weighted by atomic mass is 10.1. The van der Waals surface area contributed by atoms with Crippen LogP contribution in [0.5, 0.6) is 0 Å². The van der Waals surface area contributed by atoms with Crippen LogP contribution in [0.15, 0.2) is 30.5 Å². The number of carbonyl (C=O) groups is 1. The van der Waals surface area contributed by atoms with Gasteiger partial charge in [0, 0.05) is 30.4 Å². The van der Waals surface area contributed by atoms with Crippen LogP contribution in [0.4, 0.5) is 5.82 Å². The summed E-state index contributed by atoms with van der Waals surface area (Å²) in [6, 6.07) is 7.79. The topological polar surface area (TPSA) is 71.2 Å². The summed E-state index contributed by atoms with van der Waals surface area (Å²) in [4.78, 5) is 18.7. The maximum Gasteiger partial charge on any atom is 0.256 e. The van der Waals surface area contributed by atoms with E-state index in [4.69, 9.17) is 5.84 Å². The average molecular weight is 304 g/mol. The Morgan fingerprint density at radius 2 is 2.10 bits per heavy atom. The van der Waals surface area contributed by atoms with Crippen molar-refractivity contribution in [1.29, 1.82) is 0 Å². The third-order valence-electron chi connectivity index (χ3n) is 3.55. The lowest BCUT2D eigenvalue weighted by molar-refractivity contribution is 0.0759. The summed E-state index contributed by atoms with van der Waals surface area (Å²) >= 11 is 1.72. The fourth-order valence-electron chi connectivity index (χ4n) is 2.22. The highest BCUT2D eigenvalue weighted by molar-refractivity contribution is 7.98. The molecular formula is C15H20N4OS. The Balaban J connectivity index is 2.45. The van der Waals surface area contributed by atoms with Crippen molar-refractivity contribution in [2.75, 3.05) is 24.5 Å². The van der Waals surface area contributed by atoms with Gasteiger partial charge in [-0.2, -0.15) is 11.8 Å². The SMILES string of the molecule is CSCC(C)N(C)C(=O)c1cnc(NN)c2ccccc12. The monoisotopic (exact) mass is 304 g/mol. The van der Waals surface area contributed by atoms with Gasteiger partial charge in [0.1, 0.15) is 5.82 Å². The Morgan fingerprint density at radius 1 is 1.43 bits per heavy atom. The number of nitrogen functional groups attached to an aromatic ring is 1. The minimum Gasteiger partial charge on any atom is -0.338 e. The van der Waals surface area contributed by atoms with Crippen molar-refractivity contribution in [3.63, 3.8) is 0 Å². The van der Waals surface area contributed by atoms with Gasteiger partial charge in [0.05, 0.1) is 5.56 Å². The number of hydrazine groups is 1. The number of nitrogens with two attached hydrogens (primary N) is 1. The molecule has 0 saturated heterocycles. The summed E-state index contributed by atoms with van der Waals surface area (Å²) in [5, 5.41) is 1.70. The maximum atomic E-state index is 12.7. The molecule has 1 heterocycles. The van der Waals surface area contributed by atoms with Gasteiger partial charge in [0.15, 0.2) is 0 Å². The molecule has 3 N–H and O–H groups in total. The van der Waals surface area contributed by atoms with Gasteiger partial charge < -0.3 is 10.3 Å². The Labute approximate surface area is 128 Å². The van der Waals surface area contributed by atoms with Gasteiger partial charge in [-0.3, -0.25) is 4.79 Å². The highest BCUT2D eigenvalue weighted by atomic mass is 32.2. The van der Waals surface area contributed by atoms with E-state index in [1.165, 1.54) is 0 Å². The third kappa shape index (κ3) is 3.11. The summed E-state index contributed by atoms with van der Waals surface area (Å²) < 4.78 is 0. The molecule has 1 aromatic heterocycles. The van der Waals surface area contributed by atoms with E-state index in [1.807, 2.05) is 44.5 Å². The number of benzene rings is 1. The Kier molecular flexibility index (Phi) is 5.03. The molecule has 0 aliphatic carbocycles. The molecule has 0 aliphatic rings. The molecule has 0 radical (unpaired) electrons. The third-order valence-corrected chi connectivity index (χ3v) is 4.37. The minimum atomic E-state index is -0.0242. The van der Waals surface area contributed by atoms with E-state index in [1.54, 1.807) is 22.9 Å². The van der Waals surface area contributed by atoms with Gasteiger partial charge in [0.25, 0.3) is 5.91 Å². The average Bonchev–Trinajstić information content (AvgIpc) is 2.52. The van der Waals surface area contributed by atoms with Crippen molar-refractivity contribution >= 4 is 34.3 Å². The van der Waals surface area contributed by atoms with Crippen molar-refractivity contribution in [2.45, 2.75) is 13.0 Å². The van der Waals surface area contributed by atoms with Crippen LogP contribution in [-0.4, -0.2) is 40.9 Å². The quantitative estimate of drug-likeness (QED) is 0.655. The molecule has 112 valence electrons. The Bertz CT molecular complexity index is 647. The molecule has 0 fully saturated rings. The number of hydrogen-bond donors (Lipinski definition) is 2. The molecule has 1 amide bonds. The highest BCUT2D eigenvalue weighted by Crippen LogP contribution is 2.25. The lowest BCUT2D eigenvalue weighted by Gasteiger charge is -2.25. The second-order valence-electron chi connectivity index (χ2n) is 4.93. The number of nitrogens with zero attached hydrogens (tertiary/aromatic N) is 2. The van der Waals surface area contributed by atoms with E-state index in [2.05, 4.69) is 10.4 Å². The zero-order valence-electron chi connectivity index (χ0n) is 12.5. The molecule has 5 nitrogen and oxygen atoms in total. The standard InChI is InChI=1S/C15H20N4OS/c1-10(9-21-3)19(2)15(20)13-8-17-14(18-16)12-7-5-4-6-11(12)13/h4-8,10H,9,16H2,1-3H3,(H,17,18). The van der Waals surface area contributed by atoms with E-state index >= 15 is 0 Å². The predicted octanol–water partition coefficient (Wildman–Crippen LogP) is 2.34. The molecule has 2 aromatic rings. The number of hydrogen-bond acceptors (Lipinski definition) is 5. The molecule has 0 bridgehead atoms. The van der Waals surface area contributed by atoms with Crippen LogP contribution in [0.25, 0.3) is 10.8 Å². The summed E-state index contributed by atoms with van der Waals surface area (Å²) in [7, 11) is 1.83. The van der Waals surface area contributed by atoms with Crippen LogP contribution in [0.3, 0.4) is 0 Å². The molecule has 0 saturated carbocycles. The van der Waals surface area contributed by atoms with E-state index < -0.39 is 0 Å². The smallest absolute Gasteiger partial charge is 0.256 e. The fraction of sp³-hybridized carbons (Fsp3) is 0.333. The molecule has 1 atom stereocenters. The van der Waals surface area contributed by atoms with E-state index in [0.717, 1.165) is 16.5 Å². The number of fused-ring (bicyclic) bond motifs is 1. The number of thioether (sulfide) groups is 1. The zero-order chi connectivity index (χ0) is 15.4. The number of aromatic nitrogens is 1. The maximum absolute atomic E-state index is 12.7. The summed E-state index contributed by atoms with van der Waals surface area (Å²) in [6.45, 7) is 2.04. The normalized spacial score (nSPS) is 12.2. The number of amides is 1. The molecule has 6 heteroatoms. The molecule has 1 unspecified atom stereocenters. The highest BCUT2D eigenvalue weighted by Gasteiger charge is 2.20. The van der Waals surface area contributed by atoms with Crippen LogP contribution in [0, 0.1) is 0 Å². The molecule has 2 rings (SSSR count). The molecular weight excluding hydrogens is 284 g/mol. The van der Waals surface area contributed by atoms with Gasteiger partial charge in [-0.1, -0.05) is 24.3 Å². The summed E-state index contributed by atoms with van der Waals surface area (Å²) in [5.74, 6) is 6.92. The predicted molar refractivity (Wildman–Crippen MR) is 89.5 cm³/mol. The van der Waals surface area contributed by atoms with E-state index in [-0.39, 0.29) is 11.9 Å². The van der Waals surface area contributed by atoms with Crippen LogP contribution in [0.2, 0.25) is 0 Å². The van der Waals surface area contributed by atoms with Gasteiger partial charge in [0.2, 0.25) is 0 Å². The number of nitrogens with one attached hydrogen (secondary N) is 1.